The van der Waals surface area contributed by atoms with Crippen LogP contribution in [0.2, 0.25) is 5.02 Å². The van der Waals surface area contributed by atoms with Gasteiger partial charge < -0.3 is 9.84 Å². The van der Waals surface area contributed by atoms with Crippen LogP contribution in [0.15, 0.2) is 52.3 Å². The zero-order valence-electron chi connectivity index (χ0n) is 17.8. The molecule has 0 radical (unpaired) electrons. The number of piperazine rings is 1. The number of benzene rings is 2. The number of carboxylic acids is 1. The summed E-state index contributed by atoms with van der Waals surface area (Å²) >= 11 is 8.12. The predicted molar refractivity (Wildman–Crippen MR) is 124 cm³/mol. The second-order valence-corrected chi connectivity index (χ2v) is 9.62. The number of nitrogens with zero attached hydrogens (tertiary/aromatic N) is 2. The van der Waals surface area contributed by atoms with Gasteiger partial charge in [-0.1, -0.05) is 41.6 Å². The summed E-state index contributed by atoms with van der Waals surface area (Å²) in [7, 11) is 0. The Morgan fingerprint density at radius 1 is 1.06 bits per heavy atom. The highest BCUT2D eigenvalue weighted by molar-refractivity contribution is 7.99. The van der Waals surface area contributed by atoms with Crippen molar-refractivity contribution in [1.82, 2.24) is 9.80 Å². The number of carbonyl (C=O) groups excluding carboxylic acids is 1. The van der Waals surface area contributed by atoms with Crippen molar-refractivity contribution in [3.05, 3.63) is 58.6 Å². The summed E-state index contributed by atoms with van der Waals surface area (Å²) in [6.07, 6.45) is 0.668. The van der Waals surface area contributed by atoms with E-state index in [1.807, 2.05) is 17.8 Å². The van der Waals surface area contributed by atoms with Crippen molar-refractivity contribution < 1.29 is 19.4 Å². The lowest BCUT2D eigenvalue weighted by atomic mass is 9.96. The fraction of sp³-hybridized carbons (Fsp3) is 0.417. The molecule has 2 aliphatic heterocycles. The maximum Gasteiger partial charge on any atom is 0.306 e. The Bertz CT molecular complexity index is 978. The van der Waals surface area contributed by atoms with Gasteiger partial charge in [-0.2, -0.15) is 0 Å². The Balaban J connectivity index is 1.35. The highest BCUT2D eigenvalue weighted by atomic mass is 35.5. The van der Waals surface area contributed by atoms with Gasteiger partial charge in [0, 0.05) is 53.6 Å². The van der Waals surface area contributed by atoms with Gasteiger partial charge in [0.25, 0.3) is 0 Å². The quantitative estimate of drug-likeness (QED) is 0.605. The highest BCUT2D eigenvalue weighted by Crippen LogP contribution is 2.43. The van der Waals surface area contributed by atoms with Crippen LogP contribution in [0.5, 0.6) is 0 Å². The normalized spacial score (nSPS) is 19.0. The summed E-state index contributed by atoms with van der Waals surface area (Å²) in [5.74, 6) is -1.43. The Hall–Kier alpha value is -2.06. The first-order valence-corrected chi connectivity index (χ1v) is 12.1. The average Bonchev–Trinajstić information content (AvgIpc) is 2.95. The van der Waals surface area contributed by atoms with Crippen LogP contribution in [0.1, 0.15) is 30.0 Å². The van der Waals surface area contributed by atoms with E-state index >= 15 is 0 Å². The average molecular weight is 475 g/mol. The lowest BCUT2D eigenvalue weighted by Crippen LogP contribution is -2.48. The maximum atomic E-state index is 11.6. The van der Waals surface area contributed by atoms with E-state index in [2.05, 4.69) is 46.2 Å². The molecule has 1 atom stereocenters. The largest absolute Gasteiger partial charge is 0.481 e. The van der Waals surface area contributed by atoms with Crippen LogP contribution in [-0.2, 0) is 20.7 Å². The molecule has 4 rings (SSSR count). The monoisotopic (exact) mass is 474 g/mol. The van der Waals surface area contributed by atoms with Gasteiger partial charge in [-0.3, -0.25) is 19.4 Å². The van der Waals surface area contributed by atoms with Gasteiger partial charge in [0.05, 0.1) is 12.8 Å². The molecule has 0 spiro atoms. The van der Waals surface area contributed by atoms with Gasteiger partial charge in [-0.15, -0.1) is 0 Å². The van der Waals surface area contributed by atoms with E-state index in [0.717, 1.165) is 37.6 Å². The van der Waals surface area contributed by atoms with Crippen LogP contribution in [0, 0.1) is 0 Å². The molecule has 2 aliphatic rings. The van der Waals surface area contributed by atoms with Crippen LogP contribution in [0.25, 0.3) is 0 Å². The lowest BCUT2D eigenvalue weighted by Gasteiger charge is -2.39. The summed E-state index contributed by atoms with van der Waals surface area (Å²) < 4.78 is 5.18. The third-order valence-electron chi connectivity index (χ3n) is 5.99. The van der Waals surface area contributed by atoms with Crippen LogP contribution >= 0.6 is 23.4 Å². The Morgan fingerprint density at radius 2 is 1.84 bits per heavy atom. The first-order valence-electron chi connectivity index (χ1n) is 10.9. The Kier molecular flexibility index (Phi) is 7.73. The molecule has 32 heavy (non-hydrogen) atoms. The minimum atomic E-state index is -0.985. The van der Waals surface area contributed by atoms with Crippen LogP contribution in [-0.4, -0.2) is 66.2 Å². The molecule has 8 heteroatoms. The molecule has 0 amide bonds. The van der Waals surface area contributed by atoms with Crippen molar-refractivity contribution in [2.75, 3.05) is 39.3 Å². The van der Waals surface area contributed by atoms with E-state index in [4.69, 9.17) is 21.4 Å². The molecule has 170 valence electrons. The van der Waals surface area contributed by atoms with Crippen molar-refractivity contribution in [3.63, 3.8) is 0 Å². The number of halogens is 1. The van der Waals surface area contributed by atoms with E-state index in [9.17, 15) is 9.59 Å². The summed E-state index contributed by atoms with van der Waals surface area (Å²) in [6, 6.07) is 15.1. The molecule has 0 aromatic heterocycles. The molecule has 0 saturated carbocycles. The molecule has 1 N–H and O–H groups in total. The first-order chi connectivity index (χ1) is 15.5. The SMILES string of the molecule is O=C(O)CCC(=O)OCCN1CCN(C2Cc3cc(Cl)ccc3Sc3ccccc32)CC1. The van der Waals surface area contributed by atoms with Crippen LogP contribution in [0.3, 0.4) is 0 Å². The third kappa shape index (κ3) is 5.84. The fourth-order valence-corrected chi connectivity index (χ4v) is 5.60. The van der Waals surface area contributed by atoms with Crippen molar-refractivity contribution >= 4 is 35.3 Å². The fourth-order valence-electron chi connectivity index (χ4n) is 4.29. The van der Waals surface area contributed by atoms with Crippen molar-refractivity contribution in [2.45, 2.75) is 35.1 Å². The number of hydrogen-bond donors (Lipinski definition) is 1. The molecular formula is C24H27ClN2O4S. The van der Waals surface area contributed by atoms with Gasteiger partial charge in [-0.25, -0.2) is 0 Å². The lowest BCUT2D eigenvalue weighted by molar-refractivity contribution is -0.148. The molecule has 6 nitrogen and oxygen atoms in total. The number of ether oxygens (including phenoxy) is 1. The molecule has 1 unspecified atom stereocenters. The number of rotatable bonds is 7. The minimum absolute atomic E-state index is 0.0757. The molecule has 1 fully saturated rings. The number of fused-ring (bicyclic) bond motifs is 2. The number of carbonyl (C=O) groups is 2. The molecule has 2 heterocycles. The van der Waals surface area contributed by atoms with E-state index < -0.39 is 11.9 Å². The van der Waals surface area contributed by atoms with Gasteiger partial charge >= 0.3 is 11.9 Å². The zero-order chi connectivity index (χ0) is 22.5. The molecule has 2 aromatic carbocycles. The maximum absolute atomic E-state index is 11.6. The smallest absolute Gasteiger partial charge is 0.306 e. The summed E-state index contributed by atoms with van der Waals surface area (Å²) in [6.45, 7) is 4.65. The van der Waals surface area contributed by atoms with Gasteiger partial charge in [-0.05, 0) is 41.8 Å². The predicted octanol–water partition coefficient (Wildman–Crippen LogP) is 4.11. The van der Waals surface area contributed by atoms with Gasteiger partial charge in [0.1, 0.15) is 6.61 Å². The summed E-state index contributed by atoms with van der Waals surface area (Å²) in [4.78, 5) is 29.6. The van der Waals surface area contributed by atoms with Crippen molar-refractivity contribution in [1.29, 1.82) is 0 Å². The molecule has 1 saturated heterocycles. The Morgan fingerprint density at radius 3 is 2.62 bits per heavy atom. The summed E-state index contributed by atoms with van der Waals surface area (Å²) in [5.41, 5.74) is 2.66. The highest BCUT2D eigenvalue weighted by Gasteiger charge is 2.30. The number of hydrogen-bond acceptors (Lipinski definition) is 6. The van der Waals surface area contributed by atoms with E-state index in [0.29, 0.717) is 19.2 Å². The standard InChI is InChI=1S/C24H27ClN2O4S/c25-18-5-6-21-17(15-18)16-20(19-3-1-2-4-22(19)32-21)27-11-9-26(10-12-27)13-14-31-24(30)8-7-23(28)29/h1-6,15,20H,7-14,16H2,(H,28,29). The van der Waals surface area contributed by atoms with E-state index in [1.54, 1.807) is 0 Å². The first kappa shape index (κ1) is 23.1. The van der Waals surface area contributed by atoms with Gasteiger partial charge in [0.2, 0.25) is 0 Å². The third-order valence-corrected chi connectivity index (χ3v) is 7.44. The number of carboxylic acid groups (broad SMARTS) is 1. The molecule has 0 bridgehead atoms. The second kappa shape index (κ2) is 10.7. The topological polar surface area (TPSA) is 70.1 Å². The van der Waals surface area contributed by atoms with Crippen LogP contribution in [0.4, 0.5) is 0 Å². The molecule has 0 aliphatic carbocycles. The number of esters is 1. The summed E-state index contributed by atoms with van der Waals surface area (Å²) in [5, 5.41) is 9.42. The van der Waals surface area contributed by atoms with E-state index in [-0.39, 0.29) is 12.8 Å². The minimum Gasteiger partial charge on any atom is -0.481 e. The van der Waals surface area contributed by atoms with Crippen LogP contribution < -0.4 is 0 Å². The Labute approximate surface area is 197 Å². The molecule has 2 aromatic rings. The van der Waals surface area contributed by atoms with E-state index in [1.165, 1.54) is 20.9 Å². The van der Waals surface area contributed by atoms with Crippen molar-refractivity contribution in [3.8, 4) is 0 Å². The molecular weight excluding hydrogens is 448 g/mol. The second-order valence-electron chi connectivity index (χ2n) is 8.10. The van der Waals surface area contributed by atoms with Crippen molar-refractivity contribution in [2.24, 2.45) is 0 Å². The van der Waals surface area contributed by atoms with Gasteiger partial charge in [0.15, 0.2) is 0 Å². The number of aliphatic carboxylic acids is 1. The zero-order valence-corrected chi connectivity index (χ0v) is 19.4.